The topological polar surface area (TPSA) is 104 Å². The van der Waals surface area contributed by atoms with Crippen LogP contribution in [0.4, 0.5) is 11.6 Å². The minimum atomic E-state index is -0.160. The molecule has 0 atom stereocenters. The van der Waals surface area contributed by atoms with E-state index < -0.39 is 0 Å². The van der Waals surface area contributed by atoms with Gasteiger partial charge < -0.3 is 15.2 Å². The van der Waals surface area contributed by atoms with Gasteiger partial charge in [-0.3, -0.25) is 9.59 Å². The summed E-state index contributed by atoms with van der Waals surface area (Å²) in [7, 11) is 0. The zero-order valence-corrected chi connectivity index (χ0v) is 16.8. The van der Waals surface area contributed by atoms with E-state index in [9.17, 15) is 9.59 Å². The number of H-pyrrole nitrogens is 1. The van der Waals surface area contributed by atoms with Crippen molar-refractivity contribution in [2.75, 3.05) is 23.3 Å². The molecule has 30 heavy (non-hydrogen) atoms. The number of aryl methyl sites for hydroxylation is 1. The molecule has 3 aromatic rings. The number of carbonyl (C=O) groups excluding carboxylic acids is 1. The number of pyridine rings is 2. The van der Waals surface area contributed by atoms with Gasteiger partial charge in [0.25, 0.3) is 5.56 Å². The Kier molecular flexibility index (Phi) is 5.83. The van der Waals surface area contributed by atoms with Crippen LogP contribution < -0.4 is 15.8 Å². The first-order valence-electron chi connectivity index (χ1n) is 10.2. The van der Waals surface area contributed by atoms with Crippen molar-refractivity contribution in [1.82, 2.24) is 19.9 Å². The lowest BCUT2D eigenvalue weighted by Crippen LogP contribution is -2.38. The summed E-state index contributed by atoms with van der Waals surface area (Å²) in [5, 5.41) is 2.89. The highest BCUT2D eigenvalue weighted by Gasteiger charge is 2.26. The maximum absolute atomic E-state index is 12.5. The molecule has 0 radical (unpaired) electrons. The number of nitrogens with zero attached hydrogens (tertiary/aromatic N) is 4. The van der Waals surface area contributed by atoms with Crippen molar-refractivity contribution in [2.45, 2.75) is 26.2 Å². The molecule has 0 spiro atoms. The third-order valence-corrected chi connectivity index (χ3v) is 5.28. The highest BCUT2D eigenvalue weighted by molar-refractivity contribution is 5.91. The van der Waals surface area contributed by atoms with Gasteiger partial charge in [-0.25, -0.2) is 15.0 Å². The molecule has 1 amide bonds. The average molecular weight is 404 g/mol. The fourth-order valence-corrected chi connectivity index (χ4v) is 3.57. The van der Waals surface area contributed by atoms with Crippen molar-refractivity contribution in [3.63, 3.8) is 0 Å². The summed E-state index contributed by atoms with van der Waals surface area (Å²) in [4.78, 5) is 42.4. The Morgan fingerprint density at radius 3 is 2.70 bits per heavy atom. The van der Waals surface area contributed by atoms with Gasteiger partial charge in [-0.1, -0.05) is 13.0 Å². The van der Waals surface area contributed by atoms with Crippen LogP contribution in [0, 0.1) is 5.92 Å². The fraction of sp³-hybridized carbons (Fsp3) is 0.318. The molecule has 4 rings (SSSR count). The van der Waals surface area contributed by atoms with Crippen LogP contribution >= 0.6 is 0 Å². The molecule has 3 aromatic heterocycles. The minimum absolute atomic E-state index is 0.0162. The lowest BCUT2D eigenvalue weighted by molar-refractivity contribution is -0.120. The van der Waals surface area contributed by atoms with Gasteiger partial charge in [0.05, 0.1) is 0 Å². The standard InChI is InChI=1S/C22H24N6O2/c1-2-17-13-20(29)27-21(25-17)16-6-7-19(24-14-16)28-11-8-15(9-12-28)22(30)26-18-5-3-4-10-23-18/h3-7,10,13-15H,2,8-9,11-12H2,1H3,(H,23,26,30)(H,25,27,29). The van der Waals surface area contributed by atoms with E-state index in [1.54, 1.807) is 18.5 Å². The molecule has 8 heteroatoms. The van der Waals surface area contributed by atoms with Crippen LogP contribution in [0.15, 0.2) is 53.6 Å². The van der Waals surface area contributed by atoms with Crippen LogP contribution in [0.5, 0.6) is 0 Å². The molecule has 1 aliphatic rings. The highest BCUT2D eigenvalue weighted by atomic mass is 16.2. The van der Waals surface area contributed by atoms with E-state index in [0.717, 1.165) is 43.0 Å². The number of anilines is 2. The molecule has 154 valence electrons. The third kappa shape index (κ3) is 4.53. The maximum Gasteiger partial charge on any atom is 0.251 e. The smallest absolute Gasteiger partial charge is 0.251 e. The molecule has 0 aliphatic carbocycles. The summed E-state index contributed by atoms with van der Waals surface area (Å²) in [6, 6.07) is 10.8. The monoisotopic (exact) mass is 404 g/mol. The first kappa shape index (κ1) is 19.8. The Morgan fingerprint density at radius 2 is 2.03 bits per heavy atom. The average Bonchev–Trinajstić information content (AvgIpc) is 2.79. The van der Waals surface area contributed by atoms with E-state index in [1.807, 2.05) is 31.2 Å². The molecular formula is C22H24N6O2. The molecule has 2 N–H and O–H groups in total. The van der Waals surface area contributed by atoms with Crippen LogP contribution in [-0.2, 0) is 11.2 Å². The van der Waals surface area contributed by atoms with Crippen molar-refractivity contribution in [1.29, 1.82) is 0 Å². The number of aromatic nitrogens is 4. The molecule has 0 bridgehead atoms. The van der Waals surface area contributed by atoms with E-state index >= 15 is 0 Å². The van der Waals surface area contributed by atoms with Crippen molar-refractivity contribution in [2.24, 2.45) is 5.92 Å². The van der Waals surface area contributed by atoms with Gasteiger partial charge in [0, 0.05) is 48.7 Å². The maximum atomic E-state index is 12.5. The van der Waals surface area contributed by atoms with Crippen molar-refractivity contribution >= 4 is 17.5 Å². The van der Waals surface area contributed by atoms with Gasteiger partial charge in [-0.15, -0.1) is 0 Å². The normalized spacial score (nSPS) is 14.5. The van der Waals surface area contributed by atoms with Crippen molar-refractivity contribution in [3.8, 4) is 11.4 Å². The number of carbonyl (C=O) groups is 1. The van der Waals surface area contributed by atoms with E-state index in [0.29, 0.717) is 18.1 Å². The van der Waals surface area contributed by atoms with Gasteiger partial charge in [-0.2, -0.15) is 0 Å². The molecule has 0 saturated carbocycles. The van der Waals surface area contributed by atoms with Crippen LogP contribution in [0.1, 0.15) is 25.5 Å². The number of rotatable bonds is 5. The SMILES string of the molecule is CCc1cc(=O)[nH]c(-c2ccc(N3CCC(C(=O)Nc4ccccn4)CC3)nc2)n1. The number of hydrogen-bond donors (Lipinski definition) is 2. The first-order valence-corrected chi connectivity index (χ1v) is 10.2. The number of nitrogens with one attached hydrogen (secondary N) is 2. The molecule has 4 heterocycles. The molecule has 8 nitrogen and oxygen atoms in total. The van der Waals surface area contributed by atoms with E-state index in [-0.39, 0.29) is 17.4 Å². The molecule has 1 aliphatic heterocycles. The second-order valence-corrected chi connectivity index (χ2v) is 7.31. The minimum Gasteiger partial charge on any atom is -0.357 e. The second-order valence-electron chi connectivity index (χ2n) is 7.31. The van der Waals surface area contributed by atoms with E-state index in [2.05, 4.69) is 30.2 Å². The van der Waals surface area contributed by atoms with Gasteiger partial charge in [-0.05, 0) is 43.5 Å². The highest BCUT2D eigenvalue weighted by Crippen LogP contribution is 2.24. The Labute approximate surface area is 174 Å². The second kappa shape index (κ2) is 8.86. The summed E-state index contributed by atoms with van der Waals surface area (Å²) in [5.74, 6) is 1.96. The third-order valence-electron chi connectivity index (χ3n) is 5.28. The number of amides is 1. The van der Waals surface area contributed by atoms with Crippen LogP contribution in [0.25, 0.3) is 11.4 Å². The summed E-state index contributed by atoms with van der Waals surface area (Å²) in [5.41, 5.74) is 1.37. The summed E-state index contributed by atoms with van der Waals surface area (Å²) in [6.07, 6.45) is 5.61. The number of hydrogen-bond acceptors (Lipinski definition) is 6. The van der Waals surface area contributed by atoms with Gasteiger partial charge >= 0.3 is 0 Å². The van der Waals surface area contributed by atoms with Crippen LogP contribution in [-0.4, -0.2) is 38.9 Å². The molecular weight excluding hydrogens is 380 g/mol. The Bertz CT molecular complexity index is 1060. The molecule has 1 fully saturated rings. The van der Waals surface area contributed by atoms with Crippen LogP contribution in [0.3, 0.4) is 0 Å². The predicted molar refractivity (Wildman–Crippen MR) is 115 cm³/mol. The lowest BCUT2D eigenvalue weighted by atomic mass is 9.96. The van der Waals surface area contributed by atoms with Crippen molar-refractivity contribution < 1.29 is 4.79 Å². The quantitative estimate of drug-likeness (QED) is 0.678. The zero-order valence-electron chi connectivity index (χ0n) is 16.8. The van der Waals surface area contributed by atoms with Crippen LogP contribution in [0.2, 0.25) is 0 Å². The predicted octanol–water partition coefficient (Wildman–Crippen LogP) is 2.64. The summed E-state index contributed by atoms with van der Waals surface area (Å²) < 4.78 is 0. The molecule has 0 aromatic carbocycles. The van der Waals surface area contributed by atoms with Crippen molar-refractivity contribution in [3.05, 3.63) is 64.8 Å². The zero-order chi connectivity index (χ0) is 20.9. The molecule has 1 saturated heterocycles. The lowest BCUT2D eigenvalue weighted by Gasteiger charge is -2.32. The van der Waals surface area contributed by atoms with Gasteiger partial charge in [0.2, 0.25) is 5.91 Å². The number of aromatic amines is 1. The largest absolute Gasteiger partial charge is 0.357 e. The first-order chi connectivity index (χ1) is 14.6. The fourth-order valence-electron chi connectivity index (χ4n) is 3.57. The Balaban J connectivity index is 1.38. The number of piperidine rings is 1. The summed E-state index contributed by atoms with van der Waals surface area (Å²) in [6.45, 7) is 3.48. The van der Waals surface area contributed by atoms with Gasteiger partial charge in [0.15, 0.2) is 0 Å². The van der Waals surface area contributed by atoms with Gasteiger partial charge in [0.1, 0.15) is 17.5 Å². The van der Waals surface area contributed by atoms with E-state index in [1.165, 1.54) is 6.07 Å². The summed E-state index contributed by atoms with van der Waals surface area (Å²) >= 11 is 0. The Hall–Kier alpha value is -3.55. The van der Waals surface area contributed by atoms with E-state index in [4.69, 9.17) is 0 Å². The molecule has 0 unspecified atom stereocenters. The Morgan fingerprint density at radius 1 is 1.20 bits per heavy atom.